The second-order valence-electron chi connectivity index (χ2n) is 20.0. The van der Waals surface area contributed by atoms with Crippen molar-refractivity contribution in [2.45, 2.75) is 112 Å². The Balaban J connectivity index is 1.63. The number of aromatic nitrogens is 3. The maximum Gasteiger partial charge on any atom is 0.149 e. The monoisotopic (exact) mass is 753 g/mol. The number of fused-ring (bicyclic) bond motifs is 1. The molecule has 4 heteroatoms. The Kier molecular flexibility index (Phi) is 9.88. The van der Waals surface area contributed by atoms with Crippen LogP contribution in [0.2, 0.25) is 0 Å². The lowest BCUT2D eigenvalue weighted by Crippen LogP contribution is -2.17. The van der Waals surface area contributed by atoms with Gasteiger partial charge in [0.25, 0.3) is 0 Å². The number of pyridine rings is 1. The van der Waals surface area contributed by atoms with Crippen LogP contribution >= 0.6 is 0 Å². The van der Waals surface area contributed by atoms with Crippen LogP contribution in [0.15, 0.2) is 115 Å². The van der Waals surface area contributed by atoms with Gasteiger partial charge >= 0.3 is 0 Å². The molecule has 4 nitrogen and oxygen atoms in total. The van der Waals surface area contributed by atoms with Gasteiger partial charge < -0.3 is 5.11 Å². The van der Waals surface area contributed by atoms with Crippen molar-refractivity contribution in [3.63, 3.8) is 0 Å². The molecule has 57 heavy (non-hydrogen) atoms. The molecule has 0 radical (unpaired) electrons. The molecule has 0 spiro atoms. The first-order valence-electron chi connectivity index (χ1n) is 20.3. The Labute approximate surface area is 340 Å². The maximum atomic E-state index is 12.4. The molecule has 0 aliphatic carbocycles. The van der Waals surface area contributed by atoms with Crippen LogP contribution in [0.1, 0.15) is 111 Å². The molecule has 2 aromatic heterocycles. The van der Waals surface area contributed by atoms with E-state index < -0.39 is 0 Å². The first-order chi connectivity index (χ1) is 26.6. The molecular weight excluding hydrogens is 695 g/mol. The average Bonchev–Trinajstić information content (AvgIpc) is 3.52. The van der Waals surface area contributed by atoms with E-state index in [1.165, 1.54) is 16.7 Å². The average molecular weight is 754 g/mol. The van der Waals surface area contributed by atoms with E-state index in [1.54, 1.807) is 0 Å². The van der Waals surface area contributed by atoms with Crippen molar-refractivity contribution >= 4 is 11.0 Å². The number of aryl methyl sites for hydroxylation is 1. The molecule has 0 fully saturated rings. The van der Waals surface area contributed by atoms with Crippen LogP contribution in [0.5, 0.6) is 5.75 Å². The highest BCUT2D eigenvalue weighted by Gasteiger charge is 2.30. The van der Waals surface area contributed by atoms with Crippen molar-refractivity contribution in [1.82, 2.24) is 14.5 Å². The number of para-hydroxylation sites is 1. The molecule has 0 atom stereocenters. The number of rotatable bonds is 5. The van der Waals surface area contributed by atoms with Crippen LogP contribution in [0, 0.1) is 6.92 Å². The minimum absolute atomic E-state index is 0.0576. The molecule has 0 amide bonds. The number of aromatic hydroxyl groups is 1. The summed E-state index contributed by atoms with van der Waals surface area (Å²) in [5.41, 5.74) is 15.0. The first kappa shape index (κ1) is 39.7. The predicted octanol–water partition coefficient (Wildman–Crippen LogP) is 14.3. The summed E-state index contributed by atoms with van der Waals surface area (Å²) in [6.45, 7) is 28.9. The first-order valence-corrected chi connectivity index (χ1v) is 20.3. The number of nitrogens with zero attached hydrogens (tertiary/aromatic N) is 3. The molecule has 0 unspecified atom stereocenters. The van der Waals surface area contributed by atoms with Gasteiger partial charge in [-0.25, -0.2) is 4.98 Å². The zero-order valence-corrected chi connectivity index (χ0v) is 36.3. The Morgan fingerprint density at radius 1 is 0.509 bits per heavy atom. The van der Waals surface area contributed by atoms with Crippen molar-refractivity contribution in [2.75, 3.05) is 0 Å². The SMILES string of the molecule is Cc1ccnc(-c2cc(-c3cccc4c3nc(-c3cc(C(C)(C)C)cc(C(C)(C)C)c3O)n4-c3ccc(C(C)(C)C)cc3-c3ccccc3)cc(C(C)(C)C)c2)c1. The molecule has 1 N–H and O–H groups in total. The summed E-state index contributed by atoms with van der Waals surface area (Å²) in [7, 11) is 0. The van der Waals surface area contributed by atoms with Crippen molar-refractivity contribution in [1.29, 1.82) is 0 Å². The molecule has 5 aromatic carbocycles. The van der Waals surface area contributed by atoms with Gasteiger partial charge in [0, 0.05) is 28.5 Å². The van der Waals surface area contributed by atoms with Crippen LogP contribution in [-0.4, -0.2) is 19.6 Å². The Bertz CT molecular complexity index is 2620. The van der Waals surface area contributed by atoms with Gasteiger partial charge in [-0.3, -0.25) is 9.55 Å². The highest BCUT2D eigenvalue weighted by atomic mass is 16.3. The Morgan fingerprint density at radius 3 is 1.77 bits per heavy atom. The van der Waals surface area contributed by atoms with E-state index in [4.69, 9.17) is 9.97 Å². The molecule has 7 aromatic rings. The van der Waals surface area contributed by atoms with Gasteiger partial charge in [-0.05, 0) is 110 Å². The second kappa shape index (κ2) is 14.2. The summed E-state index contributed by atoms with van der Waals surface area (Å²) >= 11 is 0. The van der Waals surface area contributed by atoms with E-state index in [-0.39, 0.29) is 27.4 Å². The van der Waals surface area contributed by atoms with E-state index in [2.05, 4.69) is 198 Å². The lowest BCUT2D eigenvalue weighted by Gasteiger charge is -2.28. The minimum Gasteiger partial charge on any atom is -0.507 e. The van der Waals surface area contributed by atoms with E-state index in [1.807, 2.05) is 12.3 Å². The summed E-state index contributed by atoms with van der Waals surface area (Å²) in [4.78, 5) is 10.5. The third-order valence-corrected chi connectivity index (χ3v) is 11.2. The van der Waals surface area contributed by atoms with Gasteiger partial charge in [0.15, 0.2) is 0 Å². The molecular formula is C53H59N3O. The summed E-state index contributed by atoms with van der Waals surface area (Å²) < 4.78 is 2.29. The van der Waals surface area contributed by atoms with Gasteiger partial charge in [0.05, 0.1) is 28.0 Å². The lowest BCUT2D eigenvalue weighted by molar-refractivity contribution is 0.446. The second-order valence-corrected chi connectivity index (χ2v) is 20.0. The summed E-state index contributed by atoms with van der Waals surface area (Å²) in [5.74, 6) is 0.975. The van der Waals surface area contributed by atoms with E-state index in [0.29, 0.717) is 5.82 Å². The van der Waals surface area contributed by atoms with Gasteiger partial charge in [-0.2, -0.15) is 0 Å². The molecule has 7 rings (SSSR count). The smallest absolute Gasteiger partial charge is 0.149 e. The summed E-state index contributed by atoms with van der Waals surface area (Å²) in [6, 6.07) is 39.4. The number of benzene rings is 5. The molecule has 0 aliphatic heterocycles. The molecule has 0 bridgehead atoms. The van der Waals surface area contributed by atoms with E-state index >= 15 is 0 Å². The number of imidazole rings is 1. The largest absolute Gasteiger partial charge is 0.507 e. The third kappa shape index (κ3) is 7.80. The zero-order valence-electron chi connectivity index (χ0n) is 36.3. The number of hydrogen-bond acceptors (Lipinski definition) is 3. The molecule has 2 heterocycles. The fourth-order valence-electron chi connectivity index (χ4n) is 7.67. The molecule has 0 aliphatic rings. The predicted molar refractivity (Wildman–Crippen MR) is 242 cm³/mol. The highest BCUT2D eigenvalue weighted by Crippen LogP contribution is 2.46. The van der Waals surface area contributed by atoms with Crippen LogP contribution < -0.4 is 0 Å². The topological polar surface area (TPSA) is 50.9 Å². The highest BCUT2D eigenvalue weighted by molar-refractivity contribution is 5.98. The van der Waals surface area contributed by atoms with Gasteiger partial charge in [-0.1, -0.05) is 144 Å². The van der Waals surface area contributed by atoms with E-state index in [9.17, 15) is 5.11 Å². The molecule has 292 valence electrons. The normalized spacial score (nSPS) is 12.7. The number of hydrogen-bond donors (Lipinski definition) is 1. The molecule has 0 saturated carbocycles. The minimum atomic E-state index is -0.306. The van der Waals surface area contributed by atoms with Gasteiger partial charge in [-0.15, -0.1) is 0 Å². The fourth-order valence-corrected chi connectivity index (χ4v) is 7.67. The van der Waals surface area contributed by atoms with Gasteiger partial charge in [0.1, 0.15) is 11.6 Å². The van der Waals surface area contributed by atoms with Crippen molar-refractivity contribution in [2.24, 2.45) is 0 Å². The molecule has 0 saturated heterocycles. The van der Waals surface area contributed by atoms with Crippen molar-refractivity contribution < 1.29 is 5.11 Å². The fraction of sp³-hybridized carbons (Fsp3) is 0.321. The standard InChI is InChI=1S/C53H59N3O/c1-33-24-25-54-44(26-33)36-27-35(28-38(29-36)51(5,6)7)40-20-17-21-46-47(40)55-49(42-31-39(52(8,9)10)32-43(48(42)57)53(11,12)13)56(46)45-23-22-37(50(2,3)4)30-41(45)34-18-15-14-16-19-34/h14-32,57H,1-13H3. The zero-order chi connectivity index (χ0) is 41.2. The summed E-state index contributed by atoms with van der Waals surface area (Å²) in [6.07, 6.45) is 1.89. The third-order valence-electron chi connectivity index (χ3n) is 11.2. The summed E-state index contributed by atoms with van der Waals surface area (Å²) in [5, 5.41) is 12.4. The van der Waals surface area contributed by atoms with Crippen LogP contribution in [0.25, 0.3) is 61.6 Å². The Hall–Kier alpha value is -5.48. The van der Waals surface area contributed by atoms with Crippen LogP contribution in [0.4, 0.5) is 0 Å². The van der Waals surface area contributed by atoms with Crippen LogP contribution in [-0.2, 0) is 21.7 Å². The number of phenols is 1. The van der Waals surface area contributed by atoms with Crippen molar-refractivity contribution in [3.8, 4) is 56.3 Å². The maximum absolute atomic E-state index is 12.4. The van der Waals surface area contributed by atoms with Crippen molar-refractivity contribution in [3.05, 3.63) is 143 Å². The number of phenolic OH excluding ortho intramolecular Hbond substituents is 1. The van der Waals surface area contributed by atoms with E-state index in [0.717, 1.165) is 66.9 Å². The Morgan fingerprint density at radius 2 is 1.14 bits per heavy atom. The van der Waals surface area contributed by atoms with Gasteiger partial charge in [0.2, 0.25) is 0 Å². The van der Waals surface area contributed by atoms with Crippen LogP contribution in [0.3, 0.4) is 0 Å². The quantitative estimate of drug-likeness (QED) is 0.190. The lowest BCUT2D eigenvalue weighted by atomic mass is 9.79.